The lowest BCUT2D eigenvalue weighted by atomic mass is 10.0. The van der Waals surface area contributed by atoms with Crippen LogP contribution in [-0.2, 0) is 9.53 Å². The van der Waals surface area contributed by atoms with E-state index in [1.165, 1.54) is 0 Å². The van der Waals surface area contributed by atoms with E-state index in [0.29, 0.717) is 12.6 Å². The van der Waals surface area contributed by atoms with Gasteiger partial charge in [0.05, 0.1) is 11.6 Å². The normalized spacial score (nSPS) is 23.2. The lowest BCUT2D eigenvalue weighted by Crippen LogP contribution is -2.47. The summed E-state index contributed by atoms with van der Waals surface area (Å²) in [5.74, 6) is 0.204. The zero-order chi connectivity index (χ0) is 18.9. The number of hydrogen-bond donors (Lipinski definition) is 3. The Morgan fingerprint density at radius 1 is 1.17 bits per heavy atom. The van der Waals surface area contributed by atoms with Crippen molar-refractivity contribution >= 4 is 36.4 Å². The SMILES string of the molecule is Cl.Cl.N[C@H]1CC[C@@H](C(=O)NCCCNc2cccnc2)CN(C2CCOCC2)C1. The van der Waals surface area contributed by atoms with Crippen LogP contribution in [0.2, 0.25) is 0 Å². The van der Waals surface area contributed by atoms with E-state index < -0.39 is 0 Å². The van der Waals surface area contributed by atoms with Gasteiger partial charge in [-0.05, 0) is 44.2 Å². The fourth-order valence-electron chi connectivity index (χ4n) is 3.96. The lowest BCUT2D eigenvalue weighted by molar-refractivity contribution is -0.125. The van der Waals surface area contributed by atoms with Crippen molar-refractivity contribution in [3.05, 3.63) is 24.5 Å². The van der Waals surface area contributed by atoms with Gasteiger partial charge >= 0.3 is 0 Å². The molecule has 0 bridgehead atoms. The second-order valence-electron chi connectivity index (χ2n) is 7.64. The van der Waals surface area contributed by atoms with E-state index in [1.807, 2.05) is 12.1 Å². The molecule has 2 fully saturated rings. The van der Waals surface area contributed by atoms with Crippen LogP contribution in [0.3, 0.4) is 0 Å². The fourth-order valence-corrected chi connectivity index (χ4v) is 3.96. The minimum Gasteiger partial charge on any atom is -0.384 e. The molecule has 1 amide bonds. The topological polar surface area (TPSA) is 92.5 Å². The number of pyridine rings is 1. The maximum atomic E-state index is 12.7. The molecular weight excluding hydrogens is 413 g/mol. The number of carbonyl (C=O) groups is 1. The molecule has 2 aliphatic heterocycles. The standard InChI is InChI=1S/C20H33N5O2.2ClH/c21-17-5-4-16(14-25(15-17)19-6-11-27-12-7-19)20(26)24-10-2-9-23-18-3-1-8-22-13-18;;/h1,3,8,13,16-17,19,23H,2,4-7,9-12,14-15,21H2,(H,24,26);2*1H/t16-,17+;;/m1../s1. The van der Waals surface area contributed by atoms with E-state index in [9.17, 15) is 4.79 Å². The predicted molar refractivity (Wildman–Crippen MR) is 121 cm³/mol. The predicted octanol–water partition coefficient (Wildman–Crippen LogP) is 2.06. The van der Waals surface area contributed by atoms with Crippen LogP contribution in [0.15, 0.2) is 24.5 Å². The second-order valence-corrected chi connectivity index (χ2v) is 7.64. The molecule has 3 rings (SSSR count). The molecule has 0 aromatic carbocycles. The Morgan fingerprint density at radius 3 is 2.69 bits per heavy atom. The summed E-state index contributed by atoms with van der Waals surface area (Å²) in [5, 5.41) is 6.43. The van der Waals surface area contributed by atoms with Crippen molar-refractivity contribution in [1.29, 1.82) is 0 Å². The van der Waals surface area contributed by atoms with E-state index in [1.54, 1.807) is 12.4 Å². The molecule has 4 N–H and O–H groups in total. The van der Waals surface area contributed by atoms with Gasteiger partial charge in [0.2, 0.25) is 5.91 Å². The number of carbonyl (C=O) groups excluding carboxylic acids is 1. The molecule has 9 heteroatoms. The van der Waals surface area contributed by atoms with Gasteiger partial charge in [-0.2, -0.15) is 0 Å². The summed E-state index contributed by atoms with van der Waals surface area (Å²) in [7, 11) is 0. The Morgan fingerprint density at radius 2 is 1.97 bits per heavy atom. The third kappa shape index (κ3) is 8.64. The molecule has 3 heterocycles. The number of nitrogens with two attached hydrogens (primary N) is 1. The average molecular weight is 448 g/mol. The van der Waals surface area contributed by atoms with Gasteiger partial charge in [-0.15, -0.1) is 24.8 Å². The first-order valence-corrected chi connectivity index (χ1v) is 10.2. The van der Waals surface area contributed by atoms with Crippen molar-refractivity contribution in [2.75, 3.05) is 44.7 Å². The van der Waals surface area contributed by atoms with E-state index in [4.69, 9.17) is 10.5 Å². The number of amides is 1. The molecule has 0 unspecified atom stereocenters. The summed E-state index contributed by atoms with van der Waals surface area (Å²) in [6, 6.07) is 4.56. The summed E-state index contributed by atoms with van der Waals surface area (Å²) >= 11 is 0. The zero-order valence-electron chi connectivity index (χ0n) is 16.9. The van der Waals surface area contributed by atoms with E-state index in [2.05, 4.69) is 20.5 Å². The van der Waals surface area contributed by atoms with E-state index in [0.717, 1.165) is 70.6 Å². The summed E-state index contributed by atoms with van der Waals surface area (Å²) < 4.78 is 5.48. The highest BCUT2D eigenvalue weighted by Crippen LogP contribution is 2.22. The number of rotatable bonds is 7. The van der Waals surface area contributed by atoms with Crippen molar-refractivity contribution in [1.82, 2.24) is 15.2 Å². The molecule has 0 spiro atoms. The molecule has 2 atom stereocenters. The van der Waals surface area contributed by atoms with Crippen molar-refractivity contribution in [2.24, 2.45) is 11.7 Å². The minimum absolute atomic E-state index is 0. The van der Waals surface area contributed by atoms with Crippen LogP contribution < -0.4 is 16.4 Å². The van der Waals surface area contributed by atoms with Crippen molar-refractivity contribution in [3.8, 4) is 0 Å². The first-order valence-electron chi connectivity index (χ1n) is 10.2. The minimum atomic E-state index is 0. The molecule has 0 radical (unpaired) electrons. The number of aromatic nitrogens is 1. The van der Waals surface area contributed by atoms with Gasteiger partial charge < -0.3 is 21.1 Å². The Labute approximate surface area is 186 Å². The van der Waals surface area contributed by atoms with Crippen LogP contribution in [0.1, 0.15) is 32.1 Å². The van der Waals surface area contributed by atoms with Gasteiger partial charge in [0.1, 0.15) is 0 Å². The molecular formula is C20H35Cl2N5O2. The molecule has 29 heavy (non-hydrogen) atoms. The third-order valence-corrected chi connectivity index (χ3v) is 5.53. The average Bonchev–Trinajstić information content (AvgIpc) is 2.91. The van der Waals surface area contributed by atoms with Gasteiger partial charge in [0.15, 0.2) is 0 Å². The van der Waals surface area contributed by atoms with Crippen LogP contribution in [-0.4, -0.2) is 67.3 Å². The Balaban J connectivity index is 0.00000210. The highest BCUT2D eigenvalue weighted by Gasteiger charge is 2.31. The van der Waals surface area contributed by atoms with Crippen LogP contribution in [0.25, 0.3) is 0 Å². The van der Waals surface area contributed by atoms with Crippen molar-refractivity contribution in [3.63, 3.8) is 0 Å². The number of halogens is 2. The van der Waals surface area contributed by atoms with Gasteiger partial charge in [0, 0.05) is 63.9 Å². The smallest absolute Gasteiger partial charge is 0.224 e. The monoisotopic (exact) mass is 447 g/mol. The third-order valence-electron chi connectivity index (χ3n) is 5.53. The number of anilines is 1. The maximum Gasteiger partial charge on any atom is 0.224 e. The van der Waals surface area contributed by atoms with Crippen molar-refractivity contribution < 1.29 is 9.53 Å². The largest absolute Gasteiger partial charge is 0.384 e. The lowest BCUT2D eigenvalue weighted by Gasteiger charge is -2.35. The Kier molecular flexibility index (Phi) is 12.5. The van der Waals surface area contributed by atoms with Crippen LogP contribution in [0.5, 0.6) is 0 Å². The Bertz CT molecular complexity index is 575. The van der Waals surface area contributed by atoms with Crippen molar-refractivity contribution in [2.45, 2.75) is 44.2 Å². The van der Waals surface area contributed by atoms with Gasteiger partial charge in [-0.25, -0.2) is 0 Å². The van der Waals surface area contributed by atoms with E-state index in [-0.39, 0.29) is 42.7 Å². The molecule has 166 valence electrons. The molecule has 7 nitrogen and oxygen atoms in total. The van der Waals surface area contributed by atoms with Crippen LogP contribution in [0, 0.1) is 5.92 Å². The maximum absolute atomic E-state index is 12.7. The molecule has 1 aromatic heterocycles. The first kappa shape index (κ1) is 25.9. The molecule has 0 aliphatic carbocycles. The molecule has 0 saturated carbocycles. The molecule has 2 aliphatic rings. The highest BCUT2D eigenvalue weighted by atomic mass is 35.5. The summed E-state index contributed by atoms with van der Waals surface area (Å²) in [6.07, 6.45) is 8.33. The number of ether oxygens (including phenoxy) is 1. The van der Waals surface area contributed by atoms with Gasteiger partial charge in [0.25, 0.3) is 0 Å². The first-order chi connectivity index (χ1) is 13.2. The quantitative estimate of drug-likeness (QED) is 0.553. The van der Waals surface area contributed by atoms with Gasteiger partial charge in [-0.1, -0.05) is 0 Å². The number of nitrogens with zero attached hydrogens (tertiary/aromatic N) is 2. The number of hydrogen-bond acceptors (Lipinski definition) is 6. The van der Waals surface area contributed by atoms with Crippen LogP contribution >= 0.6 is 24.8 Å². The summed E-state index contributed by atoms with van der Waals surface area (Å²) in [4.78, 5) is 19.2. The van der Waals surface area contributed by atoms with Crippen LogP contribution in [0.4, 0.5) is 5.69 Å². The van der Waals surface area contributed by atoms with E-state index >= 15 is 0 Å². The number of nitrogens with one attached hydrogen (secondary N) is 2. The zero-order valence-corrected chi connectivity index (χ0v) is 18.6. The number of likely N-dealkylation sites (tertiary alicyclic amines) is 1. The highest BCUT2D eigenvalue weighted by molar-refractivity contribution is 5.85. The summed E-state index contributed by atoms with van der Waals surface area (Å²) in [6.45, 7) is 4.84. The molecule has 1 aromatic rings. The van der Waals surface area contributed by atoms with Gasteiger partial charge in [-0.3, -0.25) is 14.7 Å². The Hall–Kier alpha value is -1.12. The fraction of sp³-hybridized carbons (Fsp3) is 0.700. The molecule has 2 saturated heterocycles. The summed E-state index contributed by atoms with van der Waals surface area (Å²) in [5.41, 5.74) is 7.28. The second kappa shape index (κ2) is 14.0.